The largest absolute Gasteiger partial charge is 0.457 e. The zero-order chi connectivity index (χ0) is 21.6. The molecule has 0 spiro atoms. The van der Waals surface area contributed by atoms with Crippen molar-refractivity contribution in [3.8, 4) is 11.5 Å². The lowest BCUT2D eigenvalue weighted by molar-refractivity contribution is 0.0678. The lowest BCUT2D eigenvalue weighted by Crippen LogP contribution is -2.39. The summed E-state index contributed by atoms with van der Waals surface area (Å²) in [7, 11) is 0. The van der Waals surface area contributed by atoms with Crippen LogP contribution < -0.4 is 10.5 Å². The molecule has 0 atom stereocenters. The van der Waals surface area contributed by atoms with Gasteiger partial charge in [0.2, 0.25) is 0 Å². The monoisotopic (exact) mass is 422 g/mol. The minimum atomic E-state index is -0.531. The molecule has 1 aliphatic rings. The Morgan fingerprint density at radius 3 is 2.55 bits per heavy atom. The first-order valence-corrected chi connectivity index (χ1v) is 10.6. The van der Waals surface area contributed by atoms with Crippen LogP contribution in [0.25, 0.3) is 0 Å². The summed E-state index contributed by atoms with van der Waals surface area (Å²) in [6.07, 6.45) is 8.10. The molecule has 1 amide bonds. The van der Waals surface area contributed by atoms with Gasteiger partial charge in [-0.05, 0) is 67.6 Å². The number of amides is 1. The van der Waals surface area contributed by atoms with Gasteiger partial charge in [-0.2, -0.15) is 0 Å². The van der Waals surface area contributed by atoms with Crippen molar-refractivity contribution in [2.45, 2.75) is 25.8 Å². The van der Waals surface area contributed by atoms with E-state index in [1.807, 2.05) is 36.8 Å². The fourth-order valence-electron chi connectivity index (χ4n) is 3.94. The number of carbonyl (C=O) groups is 1. The molecule has 2 aromatic carbocycles. The molecule has 6 nitrogen and oxygen atoms in total. The summed E-state index contributed by atoms with van der Waals surface area (Å²) in [6.45, 7) is 2.71. The predicted octanol–water partition coefficient (Wildman–Crippen LogP) is 3.87. The molecule has 0 bridgehead atoms. The highest BCUT2D eigenvalue weighted by atomic mass is 19.1. The standard InChI is InChI=1S/C24H27FN4O2/c25-23-6-5-21(31-20-3-1-18(2-4-20)7-10-26)15-22(23)24(30)29-12-8-19(9-13-29)16-28-14-11-27-17-28/h1-6,11,14-15,17,19H,7-10,12-13,16,26H2. The third-order valence-electron chi connectivity index (χ3n) is 5.69. The summed E-state index contributed by atoms with van der Waals surface area (Å²) in [5.41, 5.74) is 6.75. The smallest absolute Gasteiger partial charge is 0.256 e. The van der Waals surface area contributed by atoms with Crippen molar-refractivity contribution in [1.29, 1.82) is 0 Å². The minimum absolute atomic E-state index is 0.0466. The van der Waals surface area contributed by atoms with Crippen molar-refractivity contribution in [1.82, 2.24) is 14.5 Å². The molecule has 31 heavy (non-hydrogen) atoms. The van der Waals surface area contributed by atoms with E-state index in [4.69, 9.17) is 10.5 Å². The summed E-state index contributed by atoms with van der Waals surface area (Å²) < 4.78 is 22.4. The van der Waals surface area contributed by atoms with Crippen LogP contribution in [0.15, 0.2) is 61.2 Å². The summed E-state index contributed by atoms with van der Waals surface area (Å²) >= 11 is 0. The van der Waals surface area contributed by atoms with Gasteiger partial charge in [-0.3, -0.25) is 4.79 Å². The molecule has 3 aromatic rings. The number of likely N-dealkylation sites (tertiary alicyclic amines) is 1. The quantitative estimate of drug-likeness (QED) is 0.627. The second kappa shape index (κ2) is 9.75. The van der Waals surface area contributed by atoms with E-state index in [2.05, 4.69) is 9.55 Å². The van der Waals surface area contributed by atoms with Crippen molar-refractivity contribution >= 4 is 5.91 Å². The Morgan fingerprint density at radius 1 is 1.13 bits per heavy atom. The molecule has 0 unspecified atom stereocenters. The van der Waals surface area contributed by atoms with E-state index in [9.17, 15) is 9.18 Å². The number of hydrogen-bond donors (Lipinski definition) is 1. The molecular weight excluding hydrogens is 395 g/mol. The maximum atomic E-state index is 14.5. The number of hydrogen-bond acceptors (Lipinski definition) is 4. The first kappa shape index (κ1) is 21.1. The Hall–Kier alpha value is -3.19. The van der Waals surface area contributed by atoms with Crippen LogP contribution >= 0.6 is 0 Å². The summed E-state index contributed by atoms with van der Waals surface area (Å²) in [4.78, 5) is 18.8. The zero-order valence-electron chi connectivity index (χ0n) is 17.4. The molecule has 1 aromatic heterocycles. The van der Waals surface area contributed by atoms with Gasteiger partial charge in [0.25, 0.3) is 5.91 Å². The Kier molecular flexibility index (Phi) is 6.62. The van der Waals surface area contributed by atoms with E-state index in [1.54, 1.807) is 11.1 Å². The number of rotatable bonds is 7. The van der Waals surface area contributed by atoms with Crippen molar-refractivity contribution in [2.75, 3.05) is 19.6 Å². The highest BCUT2D eigenvalue weighted by molar-refractivity contribution is 5.95. The Labute approximate surface area is 181 Å². The van der Waals surface area contributed by atoms with Crippen LogP contribution in [-0.2, 0) is 13.0 Å². The lowest BCUT2D eigenvalue weighted by Gasteiger charge is -2.32. The molecule has 4 rings (SSSR count). The minimum Gasteiger partial charge on any atom is -0.457 e. The molecule has 162 valence electrons. The van der Waals surface area contributed by atoms with Gasteiger partial charge in [-0.1, -0.05) is 12.1 Å². The number of carbonyl (C=O) groups excluding carboxylic acids is 1. The third-order valence-corrected chi connectivity index (χ3v) is 5.69. The lowest BCUT2D eigenvalue weighted by atomic mass is 9.96. The van der Waals surface area contributed by atoms with Crippen LogP contribution in [0.4, 0.5) is 4.39 Å². The second-order valence-corrected chi connectivity index (χ2v) is 7.92. The number of aromatic nitrogens is 2. The summed E-state index contributed by atoms with van der Waals surface area (Å²) in [5.74, 6) is 0.732. The molecule has 7 heteroatoms. The van der Waals surface area contributed by atoms with Gasteiger partial charge in [0, 0.05) is 32.0 Å². The molecular formula is C24H27FN4O2. The number of nitrogens with two attached hydrogens (primary N) is 1. The van der Waals surface area contributed by atoms with E-state index < -0.39 is 5.82 Å². The zero-order valence-corrected chi connectivity index (χ0v) is 17.4. The fourth-order valence-corrected chi connectivity index (χ4v) is 3.94. The van der Waals surface area contributed by atoms with E-state index >= 15 is 0 Å². The van der Waals surface area contributed by atoms with Gasteiger partial charge in [-0.25, -0.2) is 9.37 Å². The Balaban J connectivity index is 1.39. The van der Waals surface area contributed by atoms with Gasteiger partial charge in [0.1, 0.15) is 17.3 Å². The molecule has 0 radical (unpaired) electrons. The van der Waals surface area contributed by atoms with E-state index in [0.29, 0.717) is 37.1 Å². The highest BCUT2D eigenvalue weighted by Gasteiger charge is 2.26. The number of piperidine rings is 1. The Morgan fingerprint density at radius 2 is 1.87 bits per heavy atom. The topological polar surface area (TPSA) is 73.4 Å². The molecule has 0 aliphatic carbocycles. The van der Waals surface area contributed by atoms with Crippen LogP contribution in [0.5, 0.6) is 11.5 Å². The van der Waals surface area contributed by atoms with Crippen LogP contribution in [0.1, 0.15) is 28.8 Å². The molecule has 0 saturated carbocycles. The maximum absolute atomic E-state index is 14.5. The van der Waals surface area contributed by atoms with Crippen molar-refractivity contribution in [2.24, 2.45) is 11.7 Å². The van der Waals surface area contributed by atoms with E-state index in [-0.39, 0.29) is 11.5 Å². The molecule has 2 N–H and O–H groups in total. The van der Waals surface area contributed by atoms with Gasteiger partial charge in [0.05, 0.1) is 11.9 Å². The van der Waals surface area contributed by atoms with E-state index in [0.717, 1.165) is 31.4 Å². The van der Waals surface area contributed by atoms with Gasteiger partial charge < -0.3 is 19.9 Å². The second-order valence-electron chi connectivity index (χ2n) is 7.92. The predicted molar refractivity (Wildman–Crippen MR) is 117 cm³/mol. The van der Waals surface area contributed by atoms with Gasteiger partial charge >= 0.3 is 0 Å². The van der Waals surface area contributed by atoms with Crippen molar-refractivity contribution < 1.29 is 13.9 Å². The van der Waals surface area contributed by atoms with Crippen LogP contribution in [-0.4, -0.2) is 40.0 Å². The van der Waals surface area contributed by atoms with Crippen LogP contribution in [0.3, 0.4) is 0 Å². The molecule has 1 aliphatic heterocycles. The Bertz CT molecular complexity index is 997. The number of ether oxygens (including phenoxy) is 1. The number of imidazole rings is 1. The highest BCUT2D eigenvalue weighted by Crippen LogP contribution is 2.26. The SMILES string of the molecule is NCCc1ccc(Oc2ccc(F)c(C(=O)N3CCC(Cn4ccnc4)CC3)c2)cc1. The van der Waals surface area contributed by atoms with Crippen LogP contribution in [0, 0.1) is 11.7 Å². The third kappa shape index (κ3) is 5.30. The summed E-state index contributed by atoms with van der Waals surface area (Å²) in [6, 6.07) is 11.9. The molecule has 2 heterocycles. The van der Waals surface area contributed by atoms with Crippen LogP contribution in [0.2, 0.25) is 0 Å². The van der Waals surface area contributed by atoms with Gasteiger partial charge in [0.15, 0.2) is 0 Å². The van der Waals surface area contributed by atoms with Crippen molar-refractivity contribution in [3.63, 3.8) is 0 Å². The molecule has 1 saturated heterocycles. The normalized spacial score (nSPS) is 14.6. The van der Waals surface area contributed by atoms with Crippen molar-refractivity contribution in [3.05, 3.63) is 78.1 Å². The average molecular weight is 423 g/mol. The average Bonchev–Trinajstić information content (AvgIpc) is 3.30. The fraction of sp³-hybridized carbons (Fsp3) is 0.333. The number of benzene rings is 2. The number of halogens is 1. The summed E-state index contributed by atoms with van der Waals surface area (Å²) in [5, 5.41) is 0. The first-order chi connectivity index (χ1) is 15.1. The number of nitrogens with zero attached hydrogens (tertiary/aromatic N) is 3. The maximum Gasteiger partial charge on any atom is 0.256 e. The molecule has 1 fully saturated rings. The van der Waals surface area contributed by atoms with E-state index in [1.165, 1.54) is 18.2 Å². The first-order valence-electron chi connectivity index (χ1n) is 10.6. The van der Waals surface area contributed by atoms with Gasteiger partial charge in [-0.15, -0.1) is 0 Å².